The van der Waals surface area contributed by atoms with Crippen LogP contribution in [0.25, 0.3) is 0 Å². The third-order valence-electron chi connectivity index (χ3n) is 3.61. The molecule has 0 spiro atoms. The molecular weight excluding hydrogens is 326 g/mol. The van der Waals surface area contributed by atoms with Gasteiger partial charge in [0.1, 0.15) is 0 Å². The van der Waals surface area contributed by atoms with Crippen molar-refractivity contribution in [3.8, 4) is 0 Å². The fraction of sp³-hybridized carbons (Fsp3) is 0.278. The highest BCUT2D eigenvalue weighted by molar-refractivity contribution is 9.10. The molecule has 0 aliphatic carbocycles. The molecule has 1 amide bonds. The highest BCUT2D eigenvalue weighted by Gasteiger charge is 2.15. The van der Waals surface area contributed by atoms with E-state index in [1.165, 1.54) is 11.1 Å². The molecular formula is C18H20BrNO. The molecule has 0 radical (unpaired) electrons. The third kappa shape index (κ3) is 3.73. The van der Waals surface area contributed by atoms with E-state index in [2.05, 4.69) is 53.3 Å². The zero-order valence-electron chi connectivity index (χ0n) is 12.8. The monoisotopic (exact) mass is 345 g/mol. The maximum Gasteiger partial charge on any atom is 0.252 e. The van der Waals surface area contributed by atoms with Gasteiger partial charge in [-0.1, -0.05) is 29.8 Å². The molecule has 0 aliphatic heterocycles. The summed E-state index contributed by atoms with van der Waals surface area (Å²) >= 11 is 3.46. The predicted molar refractivity (Wildman–Crippen MR) is 90.7 cm³/mol. The van der Waals surface area contributed by atoms with Crippen molar-refractivity contribution < 1.29 is 4.79 Å². The van der Waals surface area contributed by atoms with Crippen LogP contribution in [0.3, 0.4) is 0 Å². The van der Waals surface area contributed by atoms with Gasteiger partial charge in [-0.2, -0.15) is 0 Å². The maximum absolute atomic E-state index is 12.4. The summed E-state index contributed by atoms with van der Waals surface area (Å²) < 4.78 is 0.827. The van der Waals surface area contributed by atoms with Crippen LogP contribution in [0.15, 0.2) is 40.9 Å². The van der Waals surface area contributed by atoms with Crippen LogP contribution in [-0.4, -0.2) is 5.91 Å². The van der Waals surface area contributed by atoms with Crippen molar-refractivity contribution in [1.29, 1.82) is 0 Å². The van der Waals surface area contributed by atoms with Gasteiger partial charge in [0.25, 0.3) is 5.91 Å². The van der Waals surface area contributed by atoms with Crippen molar-refractivity contribution in [1.82, 2.24) is 5.32 Å². The van der Waals surface area contributed by atoms with Gasteiger partial charge in [-0.3, -0.25) is 4.79 Å². The Hall–Kier alpha value is -1.61. The fourth-order valence-electron chi connectivity index (χ4n) is 2.47. The molecule has 0 saturated heterocycles. The lowest BCUT2D eigenvalue weighted by Gasteiger charge is -2.17. The summed E-state index contributed by atoms with van der Waals surface area (Å²) in [7, 11) is 0. The lowest BCUT2D eigenvalue weighted by atomic mass is 10.00. The lowest BCUT2D eigenvalue weighted by molar-refractivity contribution is 0.0939. The summed E-state index contributed by atoms with van der Waals surface area (Å²) in [5, 5.41) is 3.06. The zero-order chi connectivity index (χ0) is 15.6. The van der Waals surface area contributed by atoms with E-state index in [9.17, 15) is 4.79 Å². The Morgan fingerprint density at radius 1 is 1.05 bits per heavy atom. The number of carbonyl (C=O) groups is 1. The number of aryl methyl sites for hydroxylation is 3. The minimum Gasteiger partial charge on any atom is -0.345 e. The SMILES string of the molecule is Cc1ccc(C(C)NC(=O)c2ccc(C)cc2Br)c(C)c1. The average molecular weight is 346 g/mol. The normalized spacial score (nSPS) is 12.0. The molecule has 0 saturated carbocycles. The average Bonchev–Trinajstić information content (AvgIpc) is 2.37. The van der Waals surface area contributed by atoms with Gasteiger partial charge < -0.3 is 5.32 Å². The predicted octanol–water partition coefficient (Wildman–Crippen LogP) is 4.87. The van der Waals surface area contributed by atoms with E-state index >= 15 is 0 Å². The van der Waals surface area contributed by atoms with Gasteiger partial charge in [-0.05, 0) is 72.4 Å². The van der Waals surface area contributed by atoms with Crippen LogP contribution >= 0.6 is 15.9 Å². The van der Waals surface area contributed by atoms with E-state index in [1.54, 1.807) is 0 Å². The van der Waals surface area contributed by atoms with Gasteiger partial charge in [0.2, 0.25) is 0 Å². The highest BCUT2D eigenvalue weighted by Crippen LogP contribution is 2.22. The van der Waals surface area contributed by atoms with Gasteiger partial charge in [0, 0.05) is 4.47 Å². The molecule has 2 rings (SSSR count). The summed E-state index contributed by atoms with van der Waals surface area (Å²) in [4.78, 5) is 12.4. The van der Waals surface area contributed by atoms with E-state index in [1.807, 2.05) is 32.0 Å². The quantitative estimate of drug-likeness (QED) is 0.844. The van der Waals surface area contributed by atoms with Gasteiger partial charge >= 0.3 is 0 Å². The van der Waals surface area contributed by atoms with Crippen LogP contribution in [0.4, 0.5) is 0 Å². The molecule has 0 aromatic heterocycles. The van der Waals surface area contributed by atoms with Crippen molar-refractivity contribution in [3.63, 3.8) is 0 Å². The molecule has 0 aliphatic rings. The van der Waals surface area contributed by atoms with Crippen LogP contribution in [0.1, 0.15) is 45.6 Å². The van der Waals surface area contributed by atoms with Crippen LogP contribution in [0.2, 0.25) is 0 Å². The largest absolute Gasteiger partial charge is 0.345 e. The van der Waals surface area contributed by atoms with Crippen LogP contribution in [0, 0.1) is 20.8 Å². The number of rotatable bonds is 3. The third-order valence-corrected chi connectivity index (χ3v) is 4.26. The smallest absolute Gasteiger partial charge is 0.252 e. The second kappa shape index (κ2) is 6.44. The number of carbonyl (C=O) groups excluding carboxylic acids is 1. The molecule has 0 heterocycles. The molecule has 1 atom stereocenters. The molecule has 2 nitrogen and oxygen atoms in total. The maximum atomic E-state index is 12.4. The number of halogens is 1. The Morgan fingerprint density at radius 2 is 1.67 bits per heavy atom. The second-order valence-electron chi connectivity index (χ2n) is 5.54. The van der Waals surface area contributed by atoms with Crippen LogP contribution < -0.4 is 5.32 Å². The van der Waals surface area contributed by atoms with Crippen molar-refractivity contribution in [2.24, 2.45) is 0 Å². The Kier molecular flexibility index (Phi) is 4.84. The fourth-order valence-corrected chi connectivity index (χ4v) is 3.14. The first-order chi connectivity index (χ1) is 9.88. The number of hydrogen-bond acceptors (Lipinski definition) is 1. The molecule has 1 unspecified atom stereocenters. The van der Waals surface area contributed by atoms with Gasteiger partial charge in [-0.25, -0.2) is 0 Å². The molecule has 2 aromatic carbocycles. The minimum absolute atomic E-state index is 0.0219. The van der Waals surface area contributed by atoms with Crippen LogP contribution in [0.5, 0.6) is 0 Å². The minimum atomic E-state index is -0.0608. The molecule has 0 bridgehead atoms. The lowest BCUT2D eigenvalue weighted by Crippen LogP contribution is -2.27. The Bertz CT molecular complexity index is 679. The van der Waals surface area contributed by atoms with E-state index < -0.39 is 0 Å². The van der Waals surface area contributed by atoms with Gasteiger partial charge in [-0.15, -0.1) is 0 Å². The molecule has 21 heavy (non-hydrogen) atoms. The Morgan fingerprint density at radius 3 is 2.29 bits per heavy atom. The topological polar surface area (TPSA) is 29.1 Å². The van der Waals surface area contributed by atoms with Crippen molar-refractivity contribution in [2.75, 3.05) is 0 Å². The zero-order valence-corrected chi connectivity index (χ0v) is 14.4. The van der Waals surface area contributed by atoms with Crippen molar-refractivity contribution >= 4 is 21.8 Å². The summed E-state index contributed by atoms with van der Waals surface area (Å²) in [6.45, 7) is 8.17. The van der Waals surface area contributed by atoms with E-state index in [-0.39, 0.29) is 11.9 Å². The first-order valence-corrected chi connectivity index (χ1v) is 7.82. The van der Waals surface area contributed by atoms with Gasteiger partial charge in [0.05, 0.1) is 11.6 Å². The van der Waals surface area contributed by atoms with Gasteiger partial charge in [0.15, 0.2) is 0 Å². The summed E-state index contributed by atoms with van der Waals surface area (Å²) in [5.41, 5.74) is 5.37. The van der Waals surface area contributed by atoms with E-state index in [0.717, 1.165) is 15.6 Å². The summed E-state index contributed by atoms with van der Waals surface area (Å²) in [6, 6.07) is 12.0. The first-order valence-electron chi connectivity index (χ1n) is 7.02. The molecule has 1 N–H and O–H groups in total. The van der Waals surface area contributed by atoms with Crippen molar-refractivity contribution in [3.05, 3.63) is 68.7 Å². The molecule has 3 heteroatoms. The molecule has 110 valence electrons. The summed E-state index contributed by atoms with van der Waals surface area (Å²) in [5.74, 6) is -0.0608. The van der Waals surface area contributed by atoms with E-state index in [4.69, 9.17) is 0 Å². The first kappa shape index (κ1) is 15.8. The highest BCUT2D eigenvalue weighted by atomic mass is 79.9. The number of hydrogen-bond donors (Lipinski definition) is 1. The summed E-state index contributed by atoms with van der Waals surface area (Å²) in [6.07, 6.45) is 0. The number of amides is 1. The van der Waals surface area contributed by atoms with Crippen LogP contribution in [-0.2, 0) is 0 Å². The second-order valence-corrected chi connectivity index (χ2v) is 6.39. The molecule has 2 aromatic rings. The van der Waals surface area contributed by atoms with Crippen molar-refractivity contribution in [2.45, 2.75) is 33.7 Å². The Balaban J connectivity index is 2.18. The standard InChI is InChI=1S/C18H20BrNO/c1-11-5-7-15(13(3)9-11)14(4)20-18(21)16-8-6-12(2)10-17(16)19/h5-10,14H,1-4H3,(H,20,21). The number of nitrogens with one attached hydrogen (secondary N) is 1. The Labute approximate surface area is 134 Å². The molecule has 0 fully saturated rings. The number of benzene rings is 2. The van der Waals surface area contributed by atoms with E-state index in [0.29, 0.717) is 5.56 Å².